The summed E-state index contributed by atoms with van der Waals surface area (Å²) in [6.07, 6.45) is 4.16. The second-order valence-electron chi connectivity index (χ2n) is 4.54. The average molecular weight is 208 g/mol. The number of hydrogen-bond donors (Lipinski definition) is 0. The molecule has 0 heterocycles. The summed E-state index contributed by atoms with van der Waals surface area (Å²) in [5.41, 5.74) is 3.39. The highest BCUT2D eigenvalue weighted by atomic mass is 16.1. The van der Waals surface area contributed by atoms with Gasteiger partial charge < -0.3 is 0 Å². The van der Waals surface area contributed by atoms with Gasteiger partial charge in [0, 0.05) is 5.57 Å². The van der Waals surface area contributed by atoms with Crippen LogP contribution in [0.2, 0.25) is 0 Å². The van der Waals surface area contributed by atoms with E-state index in [4.69, 9.17) is 0 Å². The zero-order valence-corrected chi connectivity index (χ0v) is 11.0. The zero-order valence-electron chi connectivity index (χ0n) is 11.0. The minimum absolute atomic E-state index is 0.181. The van der Waals surface area contributed by atoms with Crippen molar-refractivity contribution in [3.8, 4) is 0 Å². The first kappa shape index (κ1) is 14.2. The van der Waals surface area contributed by atoms with E-state index in [1.165, 1.54) is 11.1 Å². The fourth-order valence-electron chi connectivity index (χ4n) is 1.43. The maximum Gasteiger partial charge on any atom is 0.159 e. The van der Waals surface area contributed by atoms with Crippen LogP contribution >= 0.6 is 0 Å². The Labute approximate surface area is 94.3 Å². The van der Waals surface area contributed by atoms with Gasteiger partial charge in [-0.25, -0.2) is 0 Å². The smallest absolute Gasteiger partial charge is 0.159 e. The number of Topliss-reactive ketones (excluding diaryl/α,β-unsaturated/α-hetero) is 1. The molecule has 0 fully saturated rings. The second-order valence-corrected chi connectivity index (χ2v) is 4.54. The molecule has 0 rings (SSSR count). The van der Waals surface area contributed by atoms with E-state index >= 15 is 0 Å². The van der Waals surface area contributed by atoms with Crippen molar-refractivity contribution in [1.29, 1.82) is 0 Å². The Morgan fingerprint density at radius 3 is 2.07 bits per heavy atom. The van der Waals surface area contributed by atoms with E-state index in [2.05, 4.69) is 40.7 Å². The van der Waals surface area contributed by atoms with Crippen LogP contribution in [0.1, 0.15) is 54.4 Å². The van der Waals surface area contributed by atoms with Crippen LogP contribution in [-0.4, -0.2) is 5.78 Å². The molecule has 15 heavy (non-hydrogen) atoms. The van der Waals surface area contributed by atoms with Crippen LogP contribution in [0, 0.1) is 5.92 Å². The highest BCUT2D eigenvalue weighted by Gasteiger charge is 2.06. The Morgan fingerprint density at radius 1 is 1.20 bits per heavy atom. The van der Waals surface area contributed by atoms with Gasteiger partial charge in [0.2, 0.25) is 0 Å². The minimum Gasteiger partial charge on any atom is -0.295 e. The van der Waals surface area contributed by atoms with Crippen LogP contribution in [0.5, 0.6) is 0 Å². The molecule has 0 N–H and O–H groups in total. The van der Waals surface area contributed by atoms with Gasteiger partial charge in [-0.1, -0.05) is 44.4 Å². The maximum atomic E-state index is 11.5. The van der Waals surface area contributed by atoms with E-state index in [1.54, 1.807) is 6.92 Å². The monoisotopic (exact) mass is 208 g/mol. The summed E-state index contributed by atoms with van der Waals surface area (Å²) in [6, 6.07) is 0. The average Bonchev–Trinajstić information content (AvgIpc) is 2.13. The molecule has 0 aromatic heterocycles. The molecule has 1 nitrogen and oxygen atoms in total. The van der Waals surface area contributed by atoms with Gasteiger partial charge >= 0.3 is 0 Å². The van der Waals surface area contributed by atoms with Gasteiger partial charge in [0.15, 0.2) is 5.78 Å². The third-order valence-electron chi connectivity index (χ3n) is 2.75. The van der Waals surface area contributed by atoms with Crippen molar-refractivity contribution in [2.75, 3.05) is 0 Å². The van der Waals surface area contributed by atoms with Gasteiger partial charge in [-0.3, -0.25) is 4.79 Å². The first-order chi connectivity index (χ1) is 6.90. The lowest BCUT2D eigenvalue weighted by molar-refractivity contribution is -0.113. The van der Waals surface area contributed by atoms with E-state index < -0.39 is 0 Å². The zero-order chi connectivity index (χ0) is 12.0. The molecule has 0 aliphatic heterocycles. The van der Waals surface area contributed by atoms with E-state index in [9.17, 15) is 4.79 Å². The predicted octanol–water partition coefficient (Wildman–Crippen LogP) is 4.29. The standard InChI is InChI=1S/C14H24O/c1-7-8-11(4)14(13(6)15)9-12(5)10(2)3/h9-10H,7-8H2,1-6H3/b12-9-,14-11+. The van der Waals surface area contributed by atoms with Gasteiger partial charge in [0.25, 0.3) is 0 Å². The van der Waals surface area contributed by atoms with Gasteiger partial charge in [0.05, 0.1) is 0 Å². The molecule has 0 amide bonds. The first-order valence-electron chi connectivity index (χ1n) is 5.79. The third-order valence-corrected chi connectivity index (χ3v) is 2.75. The van der Waals surface area contributed by atoms with Gasteiger partial charge in [0.1, 0.15) is 0 Å². The second kappa shape index (κ2) is 6.60. The summed E-state index contributed by atoms with van der Waals surface area (Å²) in [4.78, 5) is 11.5. The summed E-state index contributed by atoms with van der Waals surface area (Å²) < 4.78 is 0. The Bertz CT molecular complexity index is 280. The lowest BCUT2D eigenvalue weighted by Gasteiger charge is -2.09. The fraction of sp³-hybridized carbons (Fsp3) is 0.643. The van der Waals surface area contributed by atoms with Crippen molar-refractivity contribution < 1.29 is 4.79 Å². The van der Waals surface area contributed by atoms with Gasteiger partial charge in [-0.15, -0.1) is 0 Å². The molecule has 0 spiro atoms. The fourth-order valence-corrected chi connectivity index (χ4v) is 1.43. The lowest BCUT2D eigenvalue weighted by Crippen LogP contribution is -2.00. The number of hydrogen-bond acceptors (Lipinski definition) is 1. The van der Waals surface area contributed by atoms with Crippen molar-refractivity contribution in [3.05, 3.63) is 22.8 Å². The van der Waals surface area contributed by atoms with Crippen molar-refractivity contribution in [2.45, 2.75) is 54.4 Å². The summed E-state index contributed by atoms with van der Waals surface area (Å²) in [6.45, 7) is 12.2. The topological polar surface area (TPSA) is 17.1 Å². The van der Waals surface area contributed by atoms with Crippen LogP contribution in [0.4, 0.5) is 0 Å². The normalized spacial score (nSPS) is 14.2. The SMILES string of the molecule is CCC/C(C)=C(\C=C(\C)C(C)C)C(C)=O. The van der Waals surface area contributed by atoms with Crippen LogP contribution in [-0.2, 0) is 4.79 Å². The van der Waals surface area contributed by atoms with E-state index in [-0.39, 0.29) is 5.78 Å². The van der Waals surface area contributed by atoms with Crippen LogP contribution < -0.4 is 0 Å². The summed E-state index contributed by atoms with van der Waals surface area (Å²) in [7, 11) is 0. The molecule has 0 saturated carbocycles. The molecule has 0 radical (unpaired) electrons. The molecular formula is C14H24O. The molecule has 0 aliphatic carbocycles. The summed E-state index contributed by atoms with van der Waals surface area (Å²) >= 11 is 0. The largest absolute Gasteiger partial charge is 0.295 e. The Morgan fingerprint density at radius 2 is 1.73 bits per heavy atom. The molecule has 0 aromatic carbocycles. The third kappa shape index (κ3) is 4.96. The first-order valence-corrected chi connectivity index (χ1v) is 5.79. The van der Waals surface area contributed by atoms with E-state index in [0.29, 0.717) is 5.92 Å². The molecule has 0 atom stereocenters. The molecule has 0 aliphatic rings. The van der Waals surface area contributed by atoms with E-state index in [1.807, 2.05) is 0 Å². The molecule has 0 unspecified atom stereocenters. The van der Waals surface area contributed by atoms with Crippen molar-refractivity contribution in [2.24, 2.45) is 5.92 Å². The quantitative estimate of drug-likeness (QED) is 0.486. The summed E-state index contributed by atoms with van der Waals surface area (Å²) in [5.74, 6) is 0.690. The number of carbonyl (C=O) groups excluding carboxylic acids is 1. The molecule has 1 heteroatoms. The number of allylic oxidation sites excluding steroid dienone is 4. The Balaban J connectivity index is 5.08. The van der Waals surface area contributed by atoms with Crippen molar-refractivity contribution in [3.63, 3.8) is 0 Å². The molecule has 0 bridgehead atoms. The highest BCUT2D eigenvalue weighted by Crippen LogP contribution is 2.17. The lowest BCUT2D eigenvalue weighted by atomic mass is 9.96. The van der Waals surface area contributed by atoms with Crippen LogP contribution in [0.15, 0.2) is 22.8 Å². The Kier molecular flexibility index (Phi) is 6.23. The number of rotatable bonds is 5. The van der Waals surface area contributed by atoms with Gasteiger partial charge in [-0.2, -0.15) is 0 Å². The molecule has 0 saturated heterocycles. The van der Waals surface area contributed by atoms with Crippen molar-refractivity contribution in [1.82, 2.24) is 0 Å². The van der Waals surface area contributed by atoms with Crippen molar-refractivity contribution >= 4 is 5.78 Å². The summed E-state index contributed by atoms with van der Waals surface area (Å²) in [5, 5.41) is 0. The molecular weight excluding hydrogens is 184 g/mol. The molecule has 0 aromatic rings. The van der Waals surface area contributed by atoms with Gasteiger partial charge in [-0.05, 0) is 33.1 Å². The van der Waals surface area contributed by atoms with Crippen LogP contribution in [0.3, 0.4) is 0 Å². The van der Waals surface area contributed by atoms with E-state index in [0.717, 1.165) is 18.4 Å². The van der Waals surface area contributed by atoms with Crippen LogP contribution in [0.25, 0.3) is 0 Å². The number of ketones is 1. The molecule has 86 valence electrons. The minimum atomic E-state index is 0.181. The maximum absolute atomic E-state index is 11.5. The Hall–Kier alpha value is -0.850. The number of carbonyl (C=O) groups is 1. The highest BCUT2D eigenvalue weighted by molar-refractivity contribution is 5.96. The predicted molar refractivity (Wildman–Crippen MR) is 66.9 cm³/mol.